The molecule has 1 atom stereocenters. The van der Waals surface area contributed by atoms with Crippen LogP contribution in [0.25, 0.3) is 0 Å². The van der Waals surface area contributed by atoms with Crippen LogP contribution in [0.5, 0.6) is 0 Å². The SMILES string of the molecule is CCOC(=O)C1=C(CCl)NC(=O)N[C@@H]1c1ccccc1. The van der Waals surface area contributed by atoms with E-state index in [2.05, 4.69) is 10.6 Å². The van der Waals surface area contributed by atoms with Crippen molar-refractivity contribution in [2.24, 2.45) is 0 Å². The molecule has 0 fully saturated rings. The first-order valence-electron chi connectivity index (χ1n) is 6.26. The fourth-order valence-electron chi connectivity index (χ4n) is 2.07. The highest BCUT2D eigenvalue weighted by Gasteiger charge is 2.33. The number of esters is 1. The number of alkyl halides is 1. The molecule has 1 heterocycles. The average molecular weight is 295 g/mol. The molecule has 0 aromatic heterocycles. The Morgan fingerprint density at radius 3 is 2.65 bits per heavy atom. The van der Waals surface area contributed by atoms with Gasteiger partial charge >= 0.3 is 12.0 Å². The summed E-state index contributed by atoms with van der Waals surface area (Å²) in [5.74, 6) is -0.449. The van der Waals surface area contributed by atoms with Crippen LogP contribution in [0, 0.1) is 0 Å². The number of carbonyl (C=O) groups is 2. The average Bonchev–Trinajstić information content (AvgIpc) is 2.47. The zero-order valence-electron chi connectivity index (χ0n) is 11.0. The summed E-state index contributed by atoms with van der Waals surface area (Å²) in [6.07, 6.45) is 0. The molecular formula is C14H15ClN2O3. The maximum atomic E-state index is 12.1. The molecule has 106 valence electrons. The third-order valence-corrected chi connectivity index (χ3v) is 3.18. The number of ether oxygens (including phenoxy) is 1. The van der Waals surface area contributed by atoms with Crippen molar-refractivity contribution in [2.45, 2.75) is 13.0 Å². The first kappa shape index (κ1) is 14.4. The lowest BCUT2D eigenvalue weighted by atomic mass is 9.95. The van der Waals surface area contributed by atoms with Gasteiger partial charge in [0.1, 0.15) is 0 Å². The standard InChI is InChI=1S/C14H15ClN2O3/c1-2-20-13(18)11-10(8-15)16-14(19)17-12(11)9-6-4-3-5-7-9/h3-7,12H,2,8H2,1H3,(H2,16,17,19)/t12-/m1/s1. The molecule has 2 amide bonds. The Morgan fingerprint density at radius 1 is 1.35 bits per heavy atom. The molecule has 0 spiro atoms. The number of hydrogen-bond donors (Lipinski definition) is 2. The van der Waals surface area contributed by atoms with Gasteiger partial charge in [0.05, 0.1) is 24.1 Å². The summed E-state index contributed by atoms with van der Waals surface area (Å²) in [7, 11) is 0. The van der Waals surface area contributed by atoms with E-state index in [0.29, 0.717) is 11.3 Å². The molecule has 0 aliphatic carbocycles. The van der Waals surface area contributed by atoms with Crippen molar-refractivity contribution < 1.29 is 14.3 Å². The van der Waals surface area contributed by atoms with E-state index in [1.807, 2.05) is 30.3 Å². The van der Waals surface area contributed by atoms with Crippen LogP contribution in [-0.4, -0.2) is 24.5 Å². The summed E-state index contributed by atoms with van der Waals surface area (Å²) in [4.78, 5) is 23.8. The Balaban J connectivity index is 2.46. The number of urea groups is 1. The van der Waals surface area contributed by atoms with Crippen molar-refractivity contribution in [3.8, 4) is 0 Å². The van der Waals surface area contributed by atoms with Gasteiger partial charge in [-0.1, -0.05) is 30.3 Å². The van der Waals surface area contributed by atoms with Crippen molar-refractivity contribution in [3.63, 3.8) is 0 Å². The summed E-state index contributed by atoms with van der Waals surface area (Å²) in [6.45, 7) is 1.98. The molecule has 2 rings (SSSR count). The van der Waals surface area contributed by atoms with E-state index in [0.717, 1.165) is 5.56 Å². The summed E-state index contributed by atoms with van der Waals surface area (Å²) < 4.78 is 5.05. The molecule has 5 nitrogen and oxygen atoms in total. The molecule has 1 aliphatic heterocycles. The summed E-state index contributed by atoms with van der Waals surface area (Å²) >= 11 is 5.83. The smallest absolute Gasteiger partial charge is 0.338 e. The van der Waals surface area contributed by atoms with E-state index in [4.69, 9.17) is 16.3 Å². The maximum absolute atomic E-state index is 12.1. The third kappa shape index (κ3) is 2.93. The molecule has 0 bridgehead atoms. The first-order chi connectivity index (χ1) is 9.67. The lowest BCUT2D eigenvalue weighted by Crippen LogP contribution is -2.46. The molecule has 0 saturated heterocycles. The molecule has 1 aliphatic rings. The Labute approximate surface area is 121 Å². The zero-order valence-corrected chi connectivity index (χ0v) is 11.7. The lowest BCUT2D eigenvalue weighted by Gasteiger charge is -2.28. The zero-order chi connectivity index (χ0) is 14.5. The second-order valence-electron chi connectivity index (χ2n) is 4.19. The van der Waals surface area contributed by atoms with Crippen LogP contribution in [0.3, 0.4) is 0 Å². The van der Waals surface area contributed by atoms with Gasteiger partial charge in [0, 0.05) is 5.70 Å². The molecule has 1 aromatic rings. The molecule has 1 aromatic carbocycles. The monoisotopic (exact) mass is 294 g/mol. The minimum absolute atomic E-state index is 0.0326. The highest BCUT2D eigenvalue weighted by molar-refractivity contribution is 6.20. The van der Waals surface area contributed by atoms with Gasteiger partial charge in [-0.3, -0.25) is 0 Å². The van der Waals surface area contributed by atoms with E-state index in [1.54, 1.807) is 6.92 Å². The van der Waals surface area contributed by atoms with Crippen LogP contribution in [0.4, 0.5) is 4.79 Å². The van der Waals surface area contributed by atoms with Crippen molar-refractivity contribution in [1.82, 2.24) is 10.6 Å². The van der Waals surface area contributed by atoms with E-state index in [9.17, 15) is 9.59 Å². The highest BCUT2D eigenvalue weighted by atomic mass is 35.5. The molecule has 20 heavy (non-hydrogen) atoms. The number of carbonyl (C=O) groups excluding carboxylic acids is 2. The molecule has 0 saturated carbocycles. The van der Waals surface area contributed by atoms with E-state index in [-0.39, 0.29) is 18.5 Å². The Hall–Kier alpha value is -2.01. The molecular weight excluding hydrogens is 280 g/mol. The lowest BCUT2D eigenvalue weighted by molar-refractivity contribution is -0.139. The third-order valence-electron chi connectivity index (χ3n) is 2.92. The highest BCUT2D eigenvalue weighted by Crippen LogP contribution is 2.27. The number of nitrogens with one attached hydrogen (secondary N) is 2. The van der Waals surface area contributed by atoms with E-state index >= 15 is 0 Å². The van der Waals surface area contributed by atoms with Crippen LogP contribution < -0.4 is 10.6 Å². The second-order valence-corrected chi connectivity index (χ2v) is 4.46. The first-order valence-corrected chi connectivity index (χ1v) is 6.79. The number of amides is 2. The molecule has 0 unspecified atom stereocenters. The van der Waals surface area contributed by atoms with Crippen LogP contribution in [0.1, 0.15) is 18.5 Å². The minimum atomic E-state index is -0.558. The van der Waals surface area contributed by atoms with Crippen molar-refractivity contribution in [1.29, 1.82) is 0 Å². The van der Waals surface area contributed by atoms with Crippen LogP contribution >= 0.6 is 11.6 Å². The molecule has 6 heteroatoms. The van der Waals surface area contributed by atoms with Crippen molar-refractivity contribution >= 4 is 23.6 Å². The largest absolute Gasteiger partial charge is 0.463 e. The van der Waals surface area contributed by atoms with Crippen LogP contribution in [0.15, 0.2) is 41.6 Å². The van der Waals surface area contributed by atoms with Gasteiger partial charge in [-0.2, -0.15) is 0 Å². The predicted molar refractivity (Wildman–Crippen MR) is 75.2 cm³/mol. The summed E-state index contributed by atoms with van der Waals surface area (Å²) in [5.41, 5.74) is 1.52. The Bertz CT molecular complexity index is 543. The Morgan fingerprint density at radius 2 is 2.05 bits per heavy atom. The van der Waals surface area contributed by atoms with Crippen LogP contribution in [-0.2, 0) is 9.53 Å². The van der Waals surface area contributed by atoms with Crippen LogP contribution in [0.2, 0.25) is 0 Å². The second kappa shape index (κ2) is 6.43. The van der Waals surface area contributed by atoms with Gasteiger partial charge in [0.2, 0.25) is 0 Å². The Kier molecular flexibility index (Phi) is 4.63. The fraction of sp³-hybridized carbons (Fsp3) is 0.286. The van der Waals surface area contributed by atoms with Gasteiger partial charge in [-0.15, -0.1) is 11.6 Å². The molecule has 2 N–H and O–H groups in total. The van der Waals surface area contributed by atoms with Gasteiger partial charge in [0.25, 0.3) is 0 Å². The number of halogens is 1. The van der Waals surface area contributed by atoms with Gasteiger partial charge in [-0.25, -0.2) is 9.59 Å². The van der Waals surface area contributed by atoms with Crippen molar-refractivity contribution in [3.05, 3.63) is 47.2 Å². The topological polar surface area (TPSA) is 67.4 Å². The summed E-state index contributed by atoms with van der Waals surface area (Å²) in [6, 6.07) is 8.27. The normalized spacial score (nSPS) is 18.3. The van der Waals surface area contributed by atoms with Gasteiger partial charge in [-0.05, 0) is 12.5 Å². The number of benzene rings is 1. The quantitative estimate of drug-likeness (QED) is 0.660. The summed E-state index contributed by atoms with van der Waals surface area (Å²) in [5, 5.41) is 5.27. The fourth-order valence-corrected chi connectivity index (χ4v) is 2.28. The van der Waals surface area contributed by atoms with Gasteiger partial charge < -0.3 is 15.4 Å². The van der Waals surface area contributed by atoms with Gasteiger partial charge in [0.15, 0.2) is 0 Å². The van der Waals surface area contributed by atoms with E-state index in [1.165, 1.54) is 0 Å². The maximum Gasteiger partial charge on any atom is 0.338 e. The van der Waals surface area contributed by atoms with E-state index < -0.39 is 12.0 Å². The molecule has 0 radical (unpaired) electrons. The minimum Gasteiger partial charge on any atom is -0.463 e. The number of rotatable bonds is 4. The number of hydrogen-bond acceptors (Lipinski definition) is 3. The predicted octanol–water partition coefficient (Wildman–Crippen LogP) is 2.10. The number of allylic oxidation sites excluding steroid dienone is 1. The van der Waals surface area contributed by atoms with Crippen molar-refractivity contribution in [2.75, 3.05) is 12.5 Å².